The van der Waals surface area contributed by atoms with Crippen molar-refractivity contribution >= 4 is 46.4 Å². The molecule has 6 heteroatoms. The van der Waals surface area contributed by atoms with Crippen molar-refractivity contribution in [1.29, 1.82) is 0 Å². The van der Waals surface area contributed by atoms with Gasteiger partial charge in [-0.25, -0.2) is 0 Å². The minimum Gasteiger partial charge on any atom is -0.481 e. The van der Waals surface area contributed by atoms with Crippen molar-refractivity contribution in [2.75, 3.05) is 5.32 Å². The van der Waals surface area contributed by atoms with Crippen molar-refractivity contribution in [2.24, 2.45) is 0 Å². The Bertz CT molecular complexity index is 724. The van der Waals surface area contributed by atoms with Gasteiger partial charge in [-0.1, -0.05) is 34.8 Å². The van der Waals surface area contributed by atoms with Crippen LogP contribution in [0.25, 0.3) is 0 Å². The summed E-state index contributed by atoms with van der Waals surface area (Å²) in [4.78, 5) is 12.2. The zero-order valence-corrected chi connectivity index (χ0v) is 15.2. The third-order valence-electron chi connectivity index (χ3n) is 3.28. The van der Waals surface area contributed by atoms with Crippen molar-refractivity contribution in [2.45, 2.75) is 26.9 Å². The first-order chi connectivity index (χ1) is 10.8. The number of anilines is 1. The van der Waals surface area contributed by atoms with E-state index in [-0.39, 0.29) is 5.91 Å². The van der Waals surface area contributed by atoms with Gasteiger partial charge in [-0.2, -0.15) is 0 Å². The number of carbonyl (C=O) groups excluding carboxylic acids is 1. The Morgan fingerprint density at radius 2 is 1.65 bits per heavy atom. The topological polar surface area (TPSA) is 38.3 Å². The van der Waals surface area contributed by atoms with Crippen molar-refractivity contribution in [3.8, 4) is 5.75 Å². The molecular weight excluding hydrogens is 357 g/mol. The van der Waals surface area contributed by atoms with Crippen molar-refractivity contribution in [3.05, 3.63) is 56.5 Å². The van der Waals surface area contributed by atoms with Gasteiger partial charge >= 0.3 is 0 Å². The molecular formula is C17H16Cl3NO2. The highest BCUT2D eigenvalue weighted by molar-refractivity contribution is 6.42. The Labute approximate surface area is 150 Å². The Hall–Kier alpha value is -1.42. The lowest BCUT2D eigenvalue weighted by Gasteiger charge is -2.16. The summed E-state index contributed by atoms with van der Waals surface area (Å²) in [6.45, 7) is 5.46. The number of aryl methyl sites for hydroxylation is 2. The number of ether oxygens (including phenoxy) is 1. The molecule has 0 aliphatic heterocycles. The number of hydrogen-bond donors (Lipinski definition) is 1. The van der Waals surface area contributed by atoms with Gasteiger partial charge in [-0.05, 0) is 62.2 Å². The van der Waals surface area contributed by atoms with E-state index in [4.69, 9.17) is 39.5 Å². The van der Waals surface area contributed by atoms with Crippen LogP contribution in [-0.2, 0) is 4.79 Å². The molecule has 0 aliphatic carbocycles. The maximum atomic E-state index is 12.2. The average molecular weight is 373 g/mol. The fourth-order valence-electron chi connectivity index (χ4n) is 2.05. The predicted octanol–water partition coefficient (Wildman–Crippen LogP) is 5.67. The van der Waals surface area contributed by atoms with E-state index in [1.807, 2.05) is 13.8 Å². The van der Waals surface area contributed by atoms with Crippen molar-refractivity contribution < 1.29 is 9.53 Å². The number of amides is 1. The first-order valence-corrected chi connectivity index (χ1v) is 8.10. The molecule has 0 saturated heterocycles. The maximum Gasteiger partial charge on any atom is 0.265 e. The quantitative estimate of drug-likeness (QED) is 0.751. The number of nitrogens with one attached hydrogen (secondary N) is 1. The SMILES string of the molecule is Cc1cc(O[C@H](C)C(=O)Nc2ccc(Cl)c(Cl)c2)cc(C)c1Cl. The molecule has 122 valence electrons. The summed E-state index contributed by atoms with van der Waals surface area (Å²) in [5, 5.41) is 4.25. The van der Waals surface area contributed by atoms with E-state index in [2.05, 4.69) is 5.32 Å². The third kappa shape index (κ3) is 4.54. The van der Waals surface area contributed by atoms with E-state index in [1.165, 1.54) is 0 Å². The smallest absolute Gasteiger partial charge is 0.265 e. The van der Waals surface area contributed by atoms with Gasteiger partial charge in [0.15, 0.2) is 6.10 Å². The molecule has 0 radical (unpaired) electrons. The summed E-state index contributed by atoms with van der Waals surface area (Å²) < 4.78 is 5.69. The van der Waals surface area contributed by atoms with E-state index >= 15 is 0 Å². The number of carbonyl (C=O) groups is 1. The first-order valence-electron chi connectivity index (χ1n) is 6.97. The summed E-state index contributed by atoms with van der Waals surface area (Å²) in [5.74, 6) is 0.315. The molecule has 2 aromatic rings. The van der Waals surface area contributed by atoms with Crippen molar-refractivity contribution in [3.63, 3.8) is 0 Å². The van der Waals surface area contributed by atoms with E-state index in [9.17, 15) is 4.79 Å². The number of benzene rings is 2. The molecule has 3 nitrogen and oxygen atoms in total. The number of halogens is 3. The van der Waals surface area contributed by atoms with Gasteiger partial charge in [0.2, 0.25) is 0 Å². The molecule has 1 atom stereocenters. The van der Waals surface area contributed by atoms with Gasteiger partial charge in [0.05, 0.1) is 10.0 Å². The van der Waals surface area contributed by atoms with Crippen LogP contribution in [0.2, 0.25) is 15.1 Å². The average Bonchev–Trinajstić information content (AvgIpc) is 2.48. The summed E-state index contributed by atoms with van der Waals surface area (Å²) >= 11 is 17.9. The lowest BCUT2D eigenvalue weighted by molar-refractivity contribution is -0.122. The van der Waals surface area contributed by atoms with Gasteiger partial charge in [0, 0.05) is 10.7 Å². The summed E-state index contributed by atoms with van der Waals surface area (Å²) in [5.41, 5.74) is 2.36. The molecule has 0 bridgehead atoms. The Kier molecular flexibility index (Phi) is 5.79. The van der Waals surface area contributed by atoms with Crippen molar-refractivity contribution in [1.82, 2.24) is 0 Å². The molecule has 23 heavy (non-hydrogen) atoms. The van der Waals surface area contributed by atoms with Crippen LogP contribution in [-0.4, -0.2) is 12.0 Å². The zero-order valence-electron chi connectivity index (χ0n) is 12.9. The van der Waals surface area contributed by atoms with E-state index in [0.717, 1.165) is 11.1 Å². The minimum atomic E-state index is -0.676. The third-order valence-corrected chi connectivity index (χ3v) is 4.61. The second-order valence-corrected chi connectivity index (χ2v) is 6.44. The van der Waals surface area contributed by atoms with Gasteiger partial charge in [-0.15, -0.1) is 0 Å². The summed E-state index contributed by atoms with van der Waals surface area (Å²) in [6.07, 6.45) is -0.676. The van der Waals surface area contributed by atoms with E-state index in [0.29, 0.717) is 26.5 Å². The monoisotopic (exact) mass is 371 g/mol. The van der Waals surface area contributed by atoms with E-state index < -0.39 is 6.10 Å². The zero-order chi connectivity index (χ0) is 17.1. The highest BCUT2D eigenvalue weighted by Crippen LogP contribution is 2.27. The van der Waals surface area contributed by atoms with Crippen LogP contribution in [0.3, 0.4) is 0 Å². The molecule has 1 amide bonds. The standard InChI is InChI=1S/C17H16Cl3NO2/c1-9-6-13(7-10(2)16(9)20)23-11(3)17(22)21-12-4-5-14(18)15(19)8-12/h4-8,11H,1-3H3,(H,21,22)/t11-/m1/s1. The fraction of sp³-hybridized carbons (Fsp3) is 0.235. The largest absolute Gasteiger partial charge is 0.481 e. The number of rotatable bonds is 4. The molecule has 2 rings (SSSR count). The van der Waals surface area contributed by atoms with Gasteiger partial charge in [-0.3, -0.25) is 4.79 Å². The first kappa shape index (κ1) is 17.9. The van der Waals surface area contributed by atoms with Crippen LogP contribution in [0.1, 0.15) is 18.1 Å². The lowest BCUT2D eigenvalue weighted by Crippen LogP contribution is -2.30. The lowest BCUT2D eigenvalue weighted by atomic mass is 10.1. The molecule has 0 heterocycles. The molecule has 0 aliphatic rings. The van der Waals surface area contributed by atoms with Gasteiger partial charge in [0.1, 0.15) is 5.75 Å². The Morgan fingerprint density at radius 1 is 1.04 bits per heavy atom. The second-order valence-electron chi connectivity index (χ2n) is 5.25. The molecule has 0 saturated carbocycles. The molecule has 1 N–H and O–H groups in total. The normalized spacial score (nSPS) is 11.9. The van der Waals surface area contributed by atoms with Gasteiger partial charge in [0.25, 0.3) is 5.91 Å². The van der Waals surface area contributed by atoms with Crippen LogP contribution in [0, 0.1) is 13.8 Å². The molecule has 0 fully saturated rings. The highest BCUT2D eigenvalue weighted by Gasteiger charge is 2.16. The summed E-state index contributed by atoms with van der Waals surface area (Å²) in [6, 6.07) is 8.49. The molecule has 0 unspecified atom stereocenters. The molecule has 0 spiro atoms. The molecule has 0 aromatic heterocycles. The Balaban J connectivity index is 2.06. The minimum absolute atomic E-state index is 0.284. The predicted molar refractivity (Wildman–Crippen MR) is 96.1 cm³/mol. The van der Waals surface area contributed by atoms with Crippen LogP contribution < -0.4 is 10.1 Å². The van der Waals surface area contributed by atoms with E-state index in [1.54, 1.807) is 37.3 Å². The van der Waals surface area contributed by atoms with Crippen LogP contribution in [0.4, 0.5) is 5.69 Å². The highest BCUT2D eigenvalue weighted by atomic mass is 35.5. The fourth-order valence-corrected chi connectivity index (χ4v) is 2.46. The second kappa shape index (κ2) is 7.43. The van der Waals surface area contributed by atoms with Crippen LogP contribution >= 0.6 is 34.8 Å². The van der Waals surface area contributed by atoms with Gasteiger partial charge < -0.3 is 10.1 Å². The maximum absolute atomic E-state index is 12.2. The molecule has 2 aromatic carbocycles. The van der Waals surface area contributed by atoms with Crippen LogP contribution in [0.15, 0.2) is 30.3 Å². The Morgan fingerprint density at radius 3 is 2.22 bits per heavy atom. The van der Waals surface area contributed by atoms with Crippen LogP contribution in [0.5, 0.6) is 5.75 Å². The summed E-state index contributed by atoms with van der Waals surface area (Å²) in [7, 11) is 0. The number of hydrogen-bond acceptors (Lipinski definition) is 2.